The number of hydrogen-bond donors (Lipinski definition) is 1. The molecule has 1 unspecified atom stereocenters. The van der Waals surface area contributed by atoms with E-state index in [9.17, 15) is 9.59 Å². The number of unbranched alkanes of at least 4 members (excludes halogenated alkanes) is 2. The van der Waals surface area contributed by atoms with Crippen LogP contribution >= 0.6 is 11.8 Å². The Balaban J connectivity index is 1.33. The van der Waals surface area contributed by atoms with Crippen molar-refractivity contribution in [3.8, 4) is 5.75 Å². The monoisotopic (exact) mass is 370 g/mol. The molecule has 1 aromatic heterocycles. The van der Waals surface area contributed by atoms with Crippen LogP contribution in [0.2, 0.25) is 0 Å². The van der Waals surface area contributed by atoms with E-state index in [1.54, 1.807) is 12.4 Å². The van der Waals surface area contributed by atoms with Crippen LogP contribution in [0.25, 0.3) is 0 Å². The number of carbonyl (C=O) groups excluding carboxylic acids is 2. The Hall–Kier alpha value is -2.34. The first-order chi connectivity index (χ1) is 12.7. The number of benzene rings is 1. The molecule has 1 fully saturated rings. The molecule has 1 saturated heterocycles. The lowest BCUT2D eigenvalue weighted by molar-refractivity contribution is -0.119. The topological polar surface area (TPSA) is 68.3 Å². The van der Waals surface area contributed by atoms with Gasteiger partial charge in [0.1, 0.15) is 12.4 Å². The molecule has 1 N–H and O–H groups in total. The number of amides is 2. The van der Waals surface area contributed by atoms with Crippen molar-refractivity contribution < 1.29 is 14.3 Å². The molecule has 1 aliphatic rings. The van der Waals surface area contributed by atoms with Crippen LogP contribution < -0.4 is 10.1 Å². The molecule has 0 spiro atoms. The van der Waals surface area contributed by atoms with Crippen molar-refractivity contribution in [2.75, 3.05) is 0 Å². The molecule has 136 valence electrons. The highest BCUT2D eigenvalue weighted by atomic mass is 32.2. The van der Waals surface area contributed by atoms with Crippen molar-refractivity contribution in [2.45, 2.75) is 44.0 Å². The molecule has 2 amide bonds. The summed E-state index contributed by atoms with van der Waals surface area (Å²) in [5, 5.41) is 1.92. The molecule has 0 aliphatic carbocycles. The van der Waals surface area contributed by atoms with E-state index in [0.29, 0.717) is 6.61 Å². The Kier molecular flexibility index (Phi) is 6.66. The molecular weight excluding hydrogens is 348 g/mol. The highest BCUT2D eigenvalue weighted by Crippen LogP contribution is 2.24. The van der Waals surface area contributed by atoms with E-state index in [4.69, 9.17) is 4.74 Å². The number of aryl methyl sites for hydroxylation is 1. The SMILES string of the molecule is O=C1NC(=O)C(CCCCCc2ccc(OCc3cccnc3)cc2)S1. The third-order valence-corrected chi connectivity index (χ3v) is 5.30. The van der Waals surface area contributed by atoms with Gasteiger partial charge in [-0.1, -0.05) is 42.8 Å². The van der Waals surface area contributed by atoms with Gasteiger partial charge >= 0.3 is 0 Å². The molecule has 0 bridgehead atoms. The number of rotatable bonds is 9. The summed E-state index contributed by atoms with van der Waals surface area (Å²) >= 11 is 1.12. The van der Waals surface area contributed by atoms with Gasteiger partial charge in [0, 0.05) is 18.0 Å². The summed E-state index contributed by atoms with van der Waals surface area (Å²) in [5.41, 5.74) is 2.33. The minimum atomic E-state index is -0.217. The average molecular weight is 370 g/mol. The molecule has 3 rings (SSSR count). The number of ether oxygens (including phenoxy) is 1. The normalized spacial score (nSPS) is 16.5. The molecule has 1 aromatic carbocycles. The number of aromatic nitrogens is 1. The second-order valence-electron chi connectivity index (χ2n) is 6.28. The van der Waals surface area contributed by atoms with E-state index < -0.39 is 0 Å². The highest BCUT2D eigenvalue weighted by molar-refractivity contribution is 8.15. The first kappa shape index (κ1) is 18.5. The molecule has 0 radical (unpaired) electrons. The van der Waals surface area contributed by atoms with Crippen LogP contribution in [-0.2, 0) is 17.8 Å². The smallest absolute Gasteiger partial charge is 0.286 e. The van der Waals surface area contributed by atoms with Crippen molar-refractivity contribution in [3.05, 3.63) is 59.9 Å². The van der Waals surface area contributed by atoms with E-state index >= 15 is 0 Å². The van der Waals surface area contributed by atoms with Crippen LogP contribution in [0.5, 0.6) is 5.75 Å². The molecule has 26 heavy (non-hydrogen) atoms. The van der Waals surface area contributed by atoms with E-state index in [2.05, 4.69) is 22.4 Å². The van der Waals surface area contributed by atoms with E-state index in [1.165, 1.54) is 5.56 Å². The lowest BCUT2D eigenvalue weighted by atomic mass is 10.1. The zero-order chi connectivity index (χ0) is 18.2. The largest absolute Gasteiger partial charge is 0.489 e. The fraction of sp³-hybridized carbons (Fsp3) is 0.350. The maximum atomic E-state index is 11.5. The van der Waals surface area contributed by atoms with Gasteiger partial charge in [0.05, 0.1) is 5.25 Å². The van der Waals surface area contributed by atoms with Crippen LogP contribution in [0.1, 0.15) is 36.8 Å². The van der Waals surface area contributed by atoms with Gasteiger partial charge in [-0.15, -0.1) is 0 Å². The summed E-state index contributed by atoms with van der Waals surface area (Å²) in [6, 6.07) is 12.1. The Labute approximate surface area is 157 Å². The van der Waals surface area contributed by atoms with Crippen LogP contribution in [-0.4, -0.2) is 21.4 Å². The Morgan fingerprint density at radius 2 is 1.88 bits per heavy atom. The maximum Gasteiger partial charge on any atom is 0.286 e. The van der Waals surface area contributed by atoms with E-state index in [-0.39, 0.29) is 16.4 Å². The predicted octanol–water partition coefficient (Wildman–Crippen LogP) is 4.12. The number of nitrogens with zero attached hydrogens (tertiary/aromatic N) is 1. The molecule has 2 aromatic rings. The molecular formula is C20H22N2O3S. The zero-order valence-electron chi connectivity index (χ0n) is 14.5. The second kappa shape index (κ2) is 9.38. The molecule has 1 atom stereocenters. The van der Waals surface area contributed by atoms with Crippen LogP contribution in [0.15, 0.2) is 48.8 Å². The van der Waals surface area contributed by atoms with Gasteiger partial charge in [-0.2, -0.15) is 0 Å². The highest BCUT2D eigenvalue weighted by Gasteiger charge is 2.30. The summed E-state index contributed by atoms with van der Waals surface area (Å²) in [6.07, 6.45) is 8.41. The van der Waals surface area contributed by atoms with Crippen LogP contribution in [0, 0.1) is 0 Å². The molecule has 6 heteroatoms. The van der Waals surface area contributed by atoms with Gasteiger partial charge in [-0.25, -0.2) is 0 Å². The Morgan fingerprint density at radius 3 is 2.58 bits per heavy atom. The maximum absolute atomic E-state index is 11.5. The van der Waals surface area contributed by atoms with Gasteiger partial charge in [-0.05, 0) is 43.0 Å². The molecule has 1 aliphatic heterocycles. The van der Waals surface area contributed by atoms with Crippen LogP contribution in [0.3, 0.4) is 0 Å². The second-order valence-corrected chi connectivity index (χ2v) is 7.45. The van der Waals surface area contributed by atoms with E-state index in [0.717, 1.165) is 55.2 Å². The lowest BCUT2D eigenvalue weighted by Crippen LogP contribution is -2.24. The number of imide groups is 1. The summed E-state index contributed by atoms with van der Waals surface area (Å²) in [5.74, 6) is 0.716. The van der Waals surface area contributed by atoms with Crippen molar-refractivity contribution in [3.63, 3.8) is 0 Å². The average Bonchev–Trinajstić information content (AvgIpc) is 2.99. The minimum absolute atomic E-state index is 0.137. The third-order valence-electron chi connectivity index (χ3n) is 4.25. The Morgan fingerprint density at radius 1 is 1.04 bits per heavy atom. The number of hydrogen-bond acceptors (Lipinski definition) is 5. The number of pyridine rings is 1. The first-order valence-corrected chi connectivity index (χ1v) is 9.71. The third kappa shape index (κ3) is 5.59. The van der Waals surface area contributed by atoms with Crippen LogP contribution in [0.4, 0.5) is 4.79 Å². The quantitative estimate of drug-likeness (QED) is 0.673. The molecule has 5 nitrogen and oxygen atoms in total. The van der Waals surface area contributed by atoms with Gasteiger partial charge in [0.25, 0.3) is 5.24 Å². The summed E-state index contributed by atoms with van der Waals surface area (Å²) in [4.78, 5) is 26.7. The van der Waals surface area contributed by atoms with Gasteiger partial charge < -0.3 is 4.74 Å². The molecule has 0 saturated carbocycles. The van der Waals surface area contributed by atoms with Gasteiger partial charge in [-0.3, -0.25) is 19.9 Å². The van der Waals surface area contributed by atoms with Crippen molar-refractivity contribution >= 4 is 22.9 Å². The Bertz CT molecular complexity index is 734. The summed E-state index contributed by atoms with van der Waals surface area (Å²) in [6.45, 7) is 0.516. The fourth-order valence-corrected chi connectivity index (χ4v) is 3.69. The van der Waals surface area contributed by atoms with E-state index in [1.807, 2.05) is 24.3 Å². The fourth-order valence-electron chi connectivity index (χ4n) is 2.82. The summed E-state index contributed by atoms with van der Waals surface area (Å²) in [7, 11) is 0. The number of nitrogens with one attached hydrogen (secondary N) is 1. The van der Waals surface area contributed by atoms with Crippen molar-refractivity contribution in [1.29, 1.82) is 0 Å². The number of thioether (sulfide) groups is 1. The lowest BCUT2D eigenvalue weighted by Gasteiger charge is -2.08. The molecule has 2 heterocycles. The minimum Gasteiger partial charge on any atom is -0.489 e. The first-order valence-electron chi connectivity index (χ1n) is 8.83. The standard InChI is InChI=1S/C20H22N2O3S/c23-19-18(26-20(24)22-19)7-3-1-2-5-15-8-10-17(11-9-15)25-14-16-6-4-12-21-13-16/h4,6,8-13,18H,1-3,5,7,14H2,(H,22,23,24). The predicted molar refractivity (Wildman–Crippen MR) is 102 cm³/mol. The van der Waals surface area contributed by atoms with Crippen molar-refractivity contribution in [1.82, 2.24) is 10.3 Å². The summed E-state index contributed by atoms with van der Waals surface area (Å²) < 4.78 is 5.76. The van der Waals surface area contributed by atoms with Gasteiger partial charge in [0.15, 0.2) is 0 Å². The van der Waals surface area contributed by atoms with Crippen molar-refractivity contribution in [2.24, 2.45) is 0 Å². The number of carbonyl (C=O) groups is 2. The van der Waals surface area contributed by atoms with Gasteiger partial charge in [0.2, 0.25) is 5.91 Å². The zero-order valence-corrected chi connectivity index (χ0v) is 15.3.